The first kappa shape index (κ1) is 14.3. The van der Waals surface area contributed by atoms with Crippen LogP contribution in [0.3, 0.4) is 0 Å². The van der Waals surface area contributed by atoms with Gasteiger partial charge in [0.25, 0.3) is 5.91 Å². The van der Waals surface area contributed by atoms with Crippen molar-refractivity contribution in [3.63, 3.8) is 0 Å². The highest BCUT2D eigenvalue weighted by Crippen LogP contribution is 2.29. The summed E-state index contributed by atoms with van der Waals surface area (Å²) < 4.78 is 11.0. The third kappa shape index (κ3) is 3.92. The van der Waals surface area contributed by atoms with Crippen LogP contribution in [0.5, 0.6) is 11.5 Å². The molecule has 0 aliphatic heterocycles. The molecular formula is C13H20N2O3. The maximum absolute atomic E-state index is 11.0. The Kier molecular flexibility index (Phi) is 5.45. The van der Waals surface area contributed by atoms with Crippen LogP contribution in [0.25, 0.3) is 0 Å². The number of rotatable bonds is 7. The molecule has 5 nitrogen and oxygen atoms in total. The Morgan fingerprint density at radius 2 is 2.17 bits per heavy atom. The van der Waals surface area contributed by atoms with Crippen molar-refractivity contribution in [2.45, 2.75) is 26.5 Å². The molecule has 0 aliphatic carbocycles. The van der Waals surface area contributed by atoms with Crippen molar-refractivity contribution >= 4 is 5.91 Å². The predicted molar refractivity (Wildman–Crippen MR) is 69.7 cm³/mol. The van der Waals surface area contributed by atoms with Gasteiger partial charge in [0.2, 0.25) is 0 Å². The maximum Gasteiger partial charge on any atom is 0.258 e. The third-order valence-electron chi connectivity index (χ3n) is 2.39. The van der Waals surface area contributed by atoms with Crippen LogP contribution in [-0.4, -0.2) is 25.7 Å². The first-order chi connectivity index (χ1) is 8.58. The predicted octanol–water partition coefficient (Wildman–Crippen LogP) is 1.06. The van der Waals surface area contributed by atoms with Gasteiger partial charge in [-0.15, -0.1) is 0 Å². The maximum atomic E-state index is 11.0. The fourth-order valence-electron chi connectivity index (χ4n) is 1.48. The molecular weight excluding hydrogens is 232 g/mol. The minimum atomic E-state index is -0.681. The van der Waals surface area contributed by atoms with Crippen molar-refractivity contribution < 1.29 is 14.3 Å². The second kappa shape index (κ2) is 6.86. The number of nitrogens with one attached hydrogen (secondary N) is 1. The summed E-state index contributed by atoms with van der Waals surface area (Å²) in [6.45, 7) is 4.78. The number of hydrogen-bond donors (Lipinski definition) is 2. The van der Waals surface area contributed by atoms with E-state index in [-0.39, 0.29) is 0 Å². The summed E-state index contributed by atoms with van der Waals surface area (Å²) in [5, 5.41) is 3.06. The molecule has 0 heterocycles. The van der Waals surface area contributed by atoms with Gasteiger partial charge in [-0.05, 0) is 38.6 Å². The van der Waals surface area contributed by atoms with Crippen molar-refractivity contribution in [2.24, 2.45) is 5.73 Å². The minimum absolute atomic E-state index is 0.503. The standard InChI is InChI=1S/C13H20N2O3/c1-4-17-12-7-10(8-15-3)5-6-11(12)18-9(2)13(14)16/h5-7,9,15H,4,8H2,1-3H3,(H2,14,16). The number of amides is 1. The number of hydrogen-bond acceptors (Lipinski definition) is 4. The second-order valence-corrected chi connectivity index (χ2v) is 3.91. The summed E-state index contributed by atoms with van der Waals surface area (Å²) in [5.41, 5.74) is 6.25. The quantitative estimate of drug-likeness (QED) is 0.761. The summed E-state index contributed by atoms with van der Waals surface area (Å²) >= 11 is 0. The van der Waals surface area contributed by atoms with E-state index in [9.17, 15) is 4.79 Å². The SMILES string of the molecule is CCOc1cc(CNC)ccc1OC(C)C(N)=O. The van der Waals surface area contributed by atoms with E-state index in [4.69, 9.17) is 15.2 Å². The molecule has 5 heteroatoms. The zero-order valence-corrected chi connectivity index (χ0v) is 11.0. The molecule has 1 rings (SSSR count). The van der Waals surface area contributed by atoms with Gasteiger partial charge in [-0.1, -0.05) is 6.07 Å². The van der Waals surface area contributed by atoms with Crippen LogP contribution in [0.4, 0.5) is 0 Å². The summed E-state index contributed by atoms with van der Waals surface area (Å²) in [5.74, 6) is 0.651. The van der Waals surface area contributed by atoms with Crippen molar-refractivity contribution in [3.05, 3.63) is 23.8 Å². The highest BCUT2D eigenvalue weighted by Gasteiger charge is 2.14. The van der Waals surface area contributed by atoms with Gasteiger partial charge in [0.05, 0.1) is 6.61 Å². The van der Waals surface area contributed by atoms with Crippen LogP contribution in [0.2, 0.25) is 0 Å². The van der Waals surface area contributed by atoms with E-state index >= 15 is 0 Å². The van der Waals surface area contributed by atoms with Gasteiger partial charge in [-0.25, -0.2) is 0 Å². The van der Waals surface area contributed by atoms with Crippen molar-refractivity contribution in [1.82, 2.24) is 5.32 Å². The van der Waals surface area contributed by atoms with E-state index in [0.29, 0.717) is 18.1 Å². The lowest BCUT2D eigenvalue weighted by molar-refractivity contribution is -0.124. The molecule has 100 valence electrons. The van der Waals surface area contributed by atoms with Crippen molar-refractivity contribution in [3.8, 4) is 11.5 Å². The molecule has 0 aliphatic rings. The smallest absolute Gasteiger partial charge is 0.258 e. The zero-order chi connectivity index (χ0) is 13.5. The fourth-order valence-corrected chi connectivity index (χ4v) is 1.48. The molecule has 0 saturated carbocycles. The number of ether oxygens (including phenoxy) is 2. The number of carbonyl (C=O) groups is 1. The Morgan fingerprint density at radius 3 is 2.72 bits per heavy atom. The Bertz CT molecular complexity index is 407. The van der Waals surface area contributed by atoms with Gasteiger partial charge >= 0.3 is 0 Å². The molecule has 1 unspecified atom stereocenters. The highest BCUT2D eigenvalue weighted by molar-refractivity contribution is 5.78. The molecule has 0 aromatic heterocycles. The average molecular weight is 252 g/mol. The number of nitrogens with two attached hydrogens (primary N) is 1. The van der Waals surface area contributed by atoms with Gasteiger partial charge < -0.3 is 20.5 Å². The Labute approximate surface area is 107 Å². The molecule has 1 amide bonds. The van der Waals surface area contributed by atoms with Crippen LogP contribution in [0.15, 0.2) is 18.2 Å². The normalized spacial score (nSPS) is 11.9. The highest BCUT2D eigenvalue weighted by atomic mass is 16.5. The molecule has 18 heavy (non-hydrogen) atoms. The molecule has 0 saturated heterocycles. The lowest BCUT2D eigenvalue weighted by Gasteiger charge is -2.16. The molecule has 1 aromatic carbocycles. The van der Waals surface area contributed by atoms with Gasteiger partial charge in [-0.3, -0.25) is 4.79 Å². The van der Waals surface area contributed by atoms with E-state index in [1.807, 2.05) is 26.1 Å². The molecule has 0 spiro atoms. The first-order valence-electron chi connectivity index (χ1n) is 5.94. The van der Waals surface area contributed by atoms with Crippen molar-refractivity contribution in [1.29, 1.82) is 0 Å². The largest absolute Gasteiger partial charge is 0.490 e. The summed E-state index contributed by atoms with van der Waals surface area (Å²) in [6.07, 6.45) is -0.681. The topological polar surface area (TPSA) is 73.6 Å². The van der Waals surface area contributed by atoms with Crippen LogP contribution in [0, 0.1) is 0 Å². The van der Waals surface area contributed by atoms with Crippen LogP contribution in [-0.2, 0) is 11.3 Å². The van der Waals surface area contributed by atoms with Gasteiger partial charge in [0, 0.05) is 6.54 Å². The summed E-state index contributed by atoms with van der Waals surface area (Å²) in [6, 6.07) is 5.60. The average Bonchev–Trinajstić information content (AvgIpc) is 2.33. The minimum Gasteiger partial charge on any atom is -0.490 e. The fraction of sp³-hybridized carbons (Fsp3) is 0.462. The summed E-state index contributed by atoms with van der Waals surface area (Å²) in [4.78, 5) is 11.0. The Balaban J connectivity index is 2.91. The molecule has 1 atom stereocenters. The lowest BCUT2D eigenvalue weighted by atomic mass is 10.2. The number of benzene rings is 1. The number of carbonyl (C=O) groups excluding carboxylic acids is 1. The van der Waals surface area contributed by atoms with E-state index < -0.39 is 12.0 Å². The molecule has 1 aromatic rings. The molecule has 0 radical (unpaired) electrons. The molecule has 0 bridgehead atoms. The monoisotopic (exact) mass is 252 g/mol. The van der Waals surface area contributed by atoms with E-state index in [1.54, 1.807) is 13.0 Å². The zero-order valence-electron chi connectivity index (χ0n) is 11.0. The van der Waals surface area contributed by atoms with Gasteiger partial charge in [0.15, 0.2) is 17.6 Å². The second-order valence-electron chi connectivity index (χ2n) is 3.91. The summed E-state index contributed by atoms with van der Waals surface area (Å²) in [7, 11) is 1.87. The lowest BCUT2D eigenvalue weighted by Crippen LogP contribution is -2.30. The van der Waals surface area contributed by atoms with Crippen LogP contribution in [0.1, 0.15) is 19.4 Å². The van der Waals surface area contributed by atoms with E-state index in [0.717, 1.165) is 12.1 Å². The van der Waals surface area contributed by atoms with E-state index in [2.05, 4.69) is 5.32 Å². The van der Waals surface area contributed by atoms with Crippen LogP contribution < -0.4 is 20.5 Å². The van der Waals surface area contributed by atoms with Gasteiger partial charge in [-0.2, -0.15) is 0 Å². The van der Waals surface area contributed by atoms with Crippen molar-refractivity contribution in [2.75, 3.05) is 13.7 Å². The van der Waals surface area contributed by atoms with E-state index in [1.165, 1.54) is 0 Å². The van der Waals surface area contributed by atoms with Crippen LogP contribution >= 0.6 is 0 Å². The molecule has 0 fully saturated rings. The first-order valence-corrected chi connectivity index (χ1v) is 5.94. The number of primary amides is 1. The molecule has 3 N–H and O–H groups in total. The van der Waals surface area contributed by atoms with Gasteiger partial charge in [0.1, 0.15) is 0 Å². The Hall–Kier alpha value is -1.75. The third-order valence-corrected chi connectivity index (χ3v) is 2.39. The Morgan fingerprint density at radius 1 is 1.44 bits per heavy atom.